The number of anilines is 1. The van der Waals surface area contributed by atoms with E-state index in [-0.39, 0.29) is 5.69 Å². The molecule has 14 heavy (non-hydrogen) atoms. The smallest absolute Gasteiger partial charge is 0.317 e. The Kier molecular flexibility index (Phi) is 3.35. The first-order chi connectivity index (χ1) is 6.41. The van der Waals surface area contributed by atoms with Gasteiger partial charge in [-0.15, -0.1) is 0 Å². The summed E-state index contributed by atoms with van der Waals surface area (Å²) >= 11 is 1.37. The van der Waals surface area contributed by atoms with Crippen molar-refractivity contribution in [2.45, 2.75) is 6.18 Å². The van der Waals surface area contributed by atoms with Crippen LogP contribution in [0.2, 0.25) is 0 Å². The van der Waals surface area contributed by atoms with Gasteiger partial charge in [0.05, 0.1) is 11.3 Å². The Morgan fingerprint density at radius 1 is 1.29 bits per heavy atom. The van der Waals surface area contributed by atoms with E-state index >= 15 is 0 Å². The van der Waals surface area contributed by atoms with Crippen molar-refractivity contribution in [3.63, 3.8) is 0 Å². The van der Waals surface area contributed by atoms with Crippen LogP contribution in [0.15, 0.2) is 24.3 Å². The van der Waals surface area contributed by atoms with Crippen molar-refractivity contribution in [1.29, 1.82) is 0 Å². The van der Waals surface area contributed by atoms with Crippen molar-refractivity contribution in [2.75, 3.05) is 5.32 Å². The molecule has 2 nitrogen and oxygen atoms in total. The average Bonchev–Trinajstić information content (AvgIpc) is 2.01. The normalized spacial score (nSPS) is 11.1. The van der Waals surface area contributed by atoms with Gasteiger partial charge < -0.3 is 5.32 Å². The van der Waals surface area contributed by atoms with Gasteiger partial charge in [-0.25, -0.2) is 0 Å². The SMILES string of the molecule is O=C(I)Nc1ccccc1C(F)(F)F. The van der Waals surface area contributed by atoms with Crippen molar-refractivity contribution >= 4 is 32.2 Å². The summed E-state index contributed by atoms with van der Waals surface area (Å²) in [6, 6.07) is 4.82. The molecule has 0 spiro atoms. The number of halogens is 4. The molecule has 6 heteroatoms. The number of hydrogen-bond acceptors (Lipinski definition) is 1. The predicted octanol–water partition coefficient (Wildman–Crippen LogP) is 3.67. The van der Waals surface area contributed by atoms with E-state index in [2.05, 4.69) is 5.32 Å². The van der Waals surface area contributed by atoms with Crippen LogP contribution in [-0.2, 0) is 6.18 Å². The topological polar surface area (TPSA) is 29.1 Å². The summed E-state index contributed by atoms with van der Waals surface area (Å²) in [5.41, 5.74) is -1.07. The van der Waals surface area contributed by atoms with E-state index in [1.807, 2.05) is 0 Å². The first-order valence-electron chi connectivity index (χ1n) is 3.54. The standard InChI is InChI=1S/C8H5F3INO/c9-8(10,11)5-3-1-2-4-6(5)13-7(12)14/h1-4H,(H,13,14). The number of carbonyl (C=O) groups is 1. The third kappa shape index (κ3) is 2.86. The summed E-state index contributed by atoms with van der Waals surface area (Å²) in [5, 5.41) is 2.11. The molecule has 0 fully saturated rings. The molecule has 0 aliphatic rings. The Labute approximate surface area is 91.6 Å². The minimum absolute atomic E-state index is 0.223. The lowest BCUT2D eigenvalue weighted by Crippen LogP contribution is -2.11. The van der Waals surface area contributed by atoms with Crippen LogP contribution in [0.4, 0.5) is 23.7 Å². The second-order valence-corrected chi connectivity index (χ2v) is 3.42. The van der Waals surface area contributed by atoms with Crippen molar-refractivity contribution < 1.29 is 18.0 Å². The molecule has 0 saturated heterocycles. The van der Waals surface area contributed by atoms with E-state index in [0.29, 0.717) is 0 Å². The molecule has 1 aromatic rings. The molecule has 76 valence electrons. The molecule has 0 bridgehead atoms. The lowest BCUT2D eigenvalue weighted by molar-refractivity contribution is -0.136. The number of para-hydroxylation sites is 1. The highest BCUT2D eigenvalue weighted by Gasteiger charge is 2.33. The van der Waals surface area contributed by atoms with E-state index in [1.54, 1.807) is 0 Å². The fourth-order valence-electron chi connectivity index (χ4n) is 0.945. The van der Waals surface area contributed by atoms with E-state index in [9.17, 15) is 18.0 Å². The van der Waals surface area contributed by atoms with Gasteiger partial charge in [0.15, 0.2) is 0 Å². The summed E-state index contributed by atoms with van der Waals surface area (Å²) in [5.74, 6) is 0. The molecule has 0 saturated carbocycles. The Hall–Kier alpha value is -0.790. The zero-order valence-corrected chi connectivity index (χ0v) is 8.89. The third-order valence-corrected chi connectivity index (χ3v) is 1.74. The van der Waals surface area contributed by atoms with Crippen LogP contribution in [-0.4, -0.2) is 3.91 Å². The van der Waals surface area contributed by atoms with Gasteiger partial charge in [0.2, 0.25) is 0 Å². The number of amides is 1. The van der Waals surface area contributed by atoms with Gasteiger partial charge in [-0.05, 0) is 12.1 Å². The number of nitrogens with one attached hydrogen (secondary N) is 1. The molecular weight excluding hydrogens is 310 g/mol. The van der Waals surface area contributed by atoms with Crippen molar-refractivity contribution in [3.05, 3.63) is 29.8 Å². The molecule has 0 atom stereocenters. The van der Waals surface area contributed by atoms with Gasteiger partial charge in [-0.3, -0.25) is 4.79 Å². The maximum Gasteiger partial charge on any atom is 0.418 e. The molecule has 1 N–H and O–H groups in total. The van der Waals surface area contributed by atoms with Crippen LogP contribution in [0.3, 0.4) is 0 Å². The van der Waals surface area contributed by atoms with Crippen molar-refractivity contribution in [3.8, 4) is 0 Å². The quantitative estimate of drug-likeness (QED) is 0.478. The maximum atomic E-state index is 12.3. The van der Waals surface area contributed by atoms with E-state index in [1.165, 1.54) is 40.8 Å². The average molecular weight is 315 g/mol. The van der Waals surface area contributed by atoms with E-state index in [4.69, 9.17) is 0 Å². The fraction of sp³-hybridized carbons (Fsp3) is 0.125. The first-order valence-corrected chi connectivity index (χ1v) is 4.62. The summed E-state index contributed by atoms with van der Waals surface area (Å²) in [6.07, 6.45) is -4.45. The monoisotopic (exact) mass is 315 g/mol. The second-order valence-electron chi connectivity index (χ2n) is 2.44. The molecular formula is C8H5F3INO. The molecule has 0 aliphatic carbocycles. The molecule has 1 rings (SSSR count). The number of hydrogen-bond donors (Lipinski definition) is 1. The second kappa shape index (κ2) is 4.16. The number of benzene rings is 1. The lowest BCUT2D eigenvalue weighted by atomic mass is 10.2. The number of rotatable bonds is 1. The fourth-order valence-corrected chi connectivity index (χ4v) is 1.24. The minimum Gasteiger partial charge on any atom is -0.317 e. The minimum atomic E-state index is -4.45. The summed E-state index contributed by atoms with van der Waals surface area (Å²) in [4.78, 5) is 10.6. The molecule has 0 radical (unpaired) electrons. The largest absolute Gasteiger partial charge is 0.418 e. The molecule has 1 aromatic carbocycles. The molecule has 0 heterocycles. The van der Waals surface area contributed by atoms with Crippen LogP contribution in [0.25, 0.3) is 0 Å². The molecule has 0 aromatic heterocycles. The van der Waals surface area contributed by atoms with Gasteiger partial charge in [0, 0.05) is 22.6 Å². The van der Waals surface area contributed by atoms with Crippen LogP contribution < -0.4 is 5.32 Å². The maximum absolute atomic E-state index is 12.3. The van der Waals surface area contributed by atoms with Crippen LogP contribution in [0, 0.1) is 0 Å². The zero-order valence-electron chi connectivity index (χ0n) is 6.73. The number of alkyl halides is 3. The van der Waals surface area contributed by atoms with E-state index < -0.39 is 15.7 Å². The zero-order chi connectivity index (χ0) is 10.8. The Bertz CT molecular complexity index is 351. The van der Waals surface area contributed by atoms with E-state index in [0.717, 1.165) is 6.07 Å². The summed E-state index contributed by atoms with van der Waals surface area (Å²) < 4.78 is 36.5. The Morgan fingerprint density at radius 2 is 1.86 bits per heavy atom. The van der Waals surface area contributed by atoms with Gasteiger partial charge in [0.25, 0.3) is 3.91 Å². The van der Waals surface area contributed by atoms with Crippen molar-refractivity contribution in [2.24, 2.45) is 0 Å². The van der Waals surface area contributed by atoms with Crippen LogP contribution in [0.5, 0.6) is 0 Å². The number of carbonyl (C=O) groups excluding carboxylic acids is 1. The molecule has 0 unspecified atom stereocenters. The molecule has 0 aliphatic heterocycles. The Morgan fingerprint density at radius 3 is 2.36 bits per heavy atom. The first kappa shape index (κ1) is 11.3. The highest BCUT2D eigenvalue weighted by atomic mass is 127. The highest BCUT2D eigenvalue weighted by Crippen LogP contribution is 2.34. The van der Waals surface area contributed by atoms with Gasteiger partial charge in [-0.1, -0.05) is 12.1 Å². The Balaban J connectivity index is 3.10. The lowest BCUT2D eigenvalue weighted by Gasteiger charge is -2.11. The van der Waals surface area contributed by atoms with Crippen LogP contribution >= 0.6 is 22.6 Å². The third-order valence-electron chi connectivity index (χ3n) is 1.47. The summed E-state index contributed by atoms with van der Waals surface area (Å²) in [7, 11) is 0. The summed E-state index contributed by atoms with van der Waals surface area (Å²) in [6.45, 7) is 0. The van der Waals surface area contributed by atoms with Crippen LogP contribution in [0.1, 0.15) is 5.56 Å². The van der Waals surface area contributed by atoms with Gasteiger partial charge in [-0.2, -0.15) is 13.2 Å². The van der Waals surface area contributed by atoms with Gasteiger partial charge in [0.1, 0.15) is 0 Å². The van der Waals surface area contributed by atoms with Gasteiger partial charge >= 0.3 is 6.18 Å². The molecule has 1 amide bonds. The predicted molar refractivity (Wildman–Crippen MR) is 54.5 cm³/mol. The van der Waals surface area contributed by atoms with Crippen molar-refractivity contribution in [1.82, 2.24) is 0 Å². The highest BCUT2D eigenvalue weighted by molar-refractivity contribution is 14.1.